The van der Waals surface area contributed by atoms with E-state index in [-0.39, 0.29) is 5.91 Å². The number of hydrogen-bond acceptors (Lipinski definition) is 3. The minimum atomic E-state index is -0.185. The molecule has 3 nitrogen and oxygen atoms in total. The minimum Gasteiger partial charge on any atom is -0.402 e. The highest BCUT2D eigenvalue weighted by Crippen LogP contribution is 2.27. The summed E-state index contributed by atoms with van der Waals surface area (Å²) in [4.78, 5) is 14.6. The Balaban J connectivity index is 2.82. The standard InChI is InChI=1S/C24H30N2OS/c1-6-11-21(8-3)28-22-14-10-13-20(16-22)17-26-24(27)23(19(5)25)15-9-12-18(4)7-2/h6,8-16H,1,3,7,17,25H2,2,4-5H3,(H,26,27)/b15-9-,18-12?,21-11+,23-19-. The van der Waals surface area contributed by atoms with Gasteiger partial charge in [0.05, 0.1) is 5.57 Å². The molecule has 1 aromatic rings. The van der Waals surface area contributed by atoms with Crippen LogP contribution in [-0.4, -0.2) is 5.91 Å². The molecular weight excluding hydrogens is 364 g/mol. The largest absolute Gasteiger partial charge is 0.402 e. The predicted molar refractivity (Wildman–Crippen MR) is 123 cm³/mol. The van der Waals surface area contributed by atoms with Crippen LogP contribution in [0.15, 0.2) is 101 Å². The molecule has 0 unspecified atom stereocenters. The van der Waals surface area contributed by atoms with Gasteiger partial charge in [0.25, 0.3) is 5.91 Å². The first-order chi connectivity index (χ1) is 13.4. The molecule has 1 aromatic carbocycles. The van der Waals surface area contributed by atoms with Crippen molar-refractivity contribution in [2.45, 2.75) is 38.6 Å². The van der Waals surface area contributed by atoms with E-state index < -0.39 is 0 Å². The summed E-state index contributed by atoms with van der Waals surface area (Å²) in [6, 6.07) is 8.03. The third-order valence-electron chi connectivity index (χ3n) is 3.94. The molecule has 148 valence electrons. The van der Waals surface area contributed by atoms with Gasteiger partial charge in [0.15, 0.2) is 0 Å². The van der Waals surface area contributed by atoms with Crippen molar-refractivity contribution in [3.05, 3.63) is 101 Å². The third kappa shape index (κ3) is 8.31. The number of thioether (sulfide) groups is 1. The quantitative estimate of drug-likeness (QED) is 0.300. The van der Waals surface area contributed by atoms with Crippen molar-refractivity contribution >= 4 is 17.7 Å². The van der Waals surface area contributed by atoms with Crippen molar-refractivity contribution in [3.63, 3.8) is 0 Å². The molecule has 0 fully saturated rings. The Hall–Kier alpha value is -2.72. The van der Waals surface area contributed by atoms with Crippen LogP contribution in [-0.2, 0) is 11.3 Å². The summed E-state index contributed by atoms with van der Waals surface area (Å²) >= 11 is 1.60. The molecule has 0 bridgehead atoms. The lowest BCUT2D eigenvalue weighted by molar-refractivity contribution is -0.117. The maximum absolute atomic E-state index is 12.5. The van der Waals surface area contributed by atoms with E-state index in [9.17, 15) is 4.79 Å². The Kier molecular flexibility index (Phi) is 10.5. The van der Waals surface area contributed by atoms with E-state index in [0.717, 1.165) is 21.8 Å². The SMILES string of the molecule is C=C/C=C(\C=C)Sc1cccc(CNC(=O)C(/C=C\C=C(C)CC)=C(/C)N)c1. The molecule has 0 spiro atoms. The number of carbonyl (C=O) groups excluding carboxylic acids is 1. The fourth-order valence-corrected chi connectivity index (χ4v) is 3.08. The van der Waals surface area contributed by atoms with Crippen molar-refractivity contribution in [2.75, 3.05) is 0 Å². The second-order valence-electron chi connectivity index (χ2n) is 6.26. The molecule has 0 aliphatic carbocycles. The zero-order valence-corrected chi connectivity index (χ0v) is 17.8. The highest BCUT2D eigenvalue weighted by atomic mass is 32.2. The van der Waals surface area contributed by atoms with E-state index in [1.165, 1.54) is 5.57 Å². The van der Waals surface area contributed by atoms with Crippen LogP contribution in [0.2, 0.25) is 0 Å². The Morgan fingerprint density at radius 2 is 2.00 bits per heavy atom. The number of amides is 1. The molecular formula is C24H30N2OS. The summed E-state index contributed by atoms with van der Waals surface area (Å²) in [6.45, 7) is 13.8. The lowest BCUT2D eigenvalue weighted by Crippen LogP contribution is -2.25. The molecule has 0 atom stereocenters. The van der Waals surface area contributed by atoms with Gasteiger partial charge in [0.2, 0.25) is 0 Å². The summed E-state index contributed by atoms with van der Waals surface area (Å²) in [5, 5.41) is 2.94. The van der Waals surface area contributed by atoms with E-state index in [0.29, 0.717) is 17.8 Å². The summed E-state index contributed by atoms with van der Waals surface area (Å²) in [5.74, 6) is -0.185. The number of carbonyl (C=O) groups is 1. The normalized spacial score (nSPS) is 13.2. The monoisotopic (exact) mass is 394 g/mol. The molecule has 0 aromatic heterocycles. The average Bonchev–Trinajstić information content (AvgIpc) is 2.68. The molecule has 3 N–H and O–H groups in total. The molecule has 1 amide bonds. The van der Waals surface area contributed by atoms with Crippen molar-refractivity contribution in [1.82, 2.24) is 5.32 Å². The van der Waals surface area contributed by atoms with Crippen LogP contribution in [0, 0.1) is 0 Å². The number of nitrogens with two attached hydrogens (primary N) is 1. The zero-order valence-electron chi connectivity index (χ0n) is 17.0. The predicted octanol–water partition coefficient (Wildman–Crippen LogP) is 5.80. The maximum Gasteiger partial charge on any atom is 0.253 e. The van der Waals surface area contributed by atoms with Crippen molar-refractivity contribution in [3.8, 4) is 0 Å². The third-order valence-corrected chi connectivity index (χ3v) is 4.97. The van der Waals surface area contributed by atoms with Crippen LogP contribution in [0.3, 0.4) is 0 Å². The summed E-state index contributed by atoms with van der Waals surface area (Å²) < 4.78 is 0. The molecule has 0 heterocycles. The van der Waals surface area contributed by atoms with E-state index >= 15 is 0 Å². The number of rotatable bonds is 10. The summed E-state index contributed by atoms with van der Waals surface area (Å²) in [5.41, 5.74) is 9.12. The highest BCUT2D eigenvalue weighted by molar-refractivity contribution is 8.03. The molecule has 0 radical (unpaired) electrons. The van der Waals surface area contributed by atoms with E-state index in [1.54, 1.807) is 36.9 Å². The minimum absolute atomic E-state index is 0.185. The van der Waals surface area contributed by atoms with Gasteiger partial charge in [0, 0.05) is 22.0 Å². The molecule has 0 saturated carbocycles. The maximum atomic E-state index is 12.5. The van der Waals surface area contributed by atoms with Gasteiger partial charge in [-0.1, -0.05) is 73.9 Å². The van der Waals surface area contributed by atoms with E-state index in [1.807, 2.05) is 42.5 Å². The van der Waals surface area contributed by atoms with Crippen molar-refractivity contribution in [2.24, 2.45) is 5.73 Å². The number of nitrogens with one attached hydrogen (secondary N) is 1. The zero-order chi connectivity index (χ0) is 20.9. The van der Waals surface area contributed by atoms with Crippen molar-refractivity contribution in [1.29, 1.82) is 0 Å². The lowest BCUT2D eigenvalue weighted by Gasteiger charge is -2.09. The smallest absolute Gasteiger partial charge is 0.253 e. The fourth-order valence-electron chi connectivity index (χ4n) is 2.21. The Morgan fingerprint density at radius 1 is 1.25 bits per heavy atom. The van der Waals surface area contributed by atoms with Gasteiger partial charge in [-0.2, -0.15) is 0 Å². The van der Waals surface area contributed by atoms with Crippen LogP contribution >= 0.6 is 11.8 Å². The second kappa shape index (κ2) is 12.6. The highest BCUT2D eigenvalue weighted by Gasteiger charge is 2.09. The molecule has 0 saturated heterocycles. The second-order valence-corrected chi connectivity index (χ2v) is 7.41. The van der Waals surface area contributed by atoms with Gasteiger partial charge < -0.3 is 11.1 Å². The molecule has 28 heavy (non-hydrogen) atoms. The molecule has 0 aliphatic rings. The van der Waals surface area contributed by atoms with Crippen LogP contribution in [0.4, 0.5) is 0 Å². The Labute approximate surface area is 173 Å². The van der Waals surface area contributed by atoms with Gasteiger partial charge in [-0.25, -0.2) is 0 Å². The lowest BCUT2D eigenvalue weighted by atomic mass is 10.1. The van der Waals surface area contributed by atoms with Gasteiger partial charge in [0.1, 0.15) is 0 Å². The van der Waals surface area contributed by atoms with Crippen LogP contribution in [0.25, 0.3) is 0 Å². The van der Waals surface area contributed by atoms with Crippen LogP contribution < -0.4 is 11.1 Å². The average molecular weight is 395 g/mol. The molecule has 0 aliphatic heterocycles. The topological polar surface area (TPSA) is 55.1 Å². The van der Waals surface area contributed by atoms with Crippen LogP contribution in [0.5, 0.6) is 0 Å². The van der Waals surface area contributed by atoms with Gasteiger partial charge in [-0.3, -0.25) is 4.79 Å². The molecule has 4 heteroatoms. The summed E-state index contributed by atoms with van der Waals surface area (Å²) in [7, 11) is 0. The fraction of sp³-hybridized carbons (Fsp3) is 0.208. The molecule has 1 rings (SSSR count). The Bertz CT molecular complexity index is 825. The Morgan fingerprint density at radius 3 is 2.61 bits per heavy atom. The van der Waals surface area contributed by atoms with E-state index in [4.69, 9.17) is 5.73 Å². The number of hydrogen-bond donors (Lipinski definition) is 2. The first-order valence-electron chi connectivity index (χ1n) is 9.21. The van der Waals surface area contributed by atoms with Gasteiger partial charge in [-0.05, 0) is 50.1 Å². The van der Waals surface area contributed by atoms with Crippen molar-refractivity contribution < 1.29 is 4.79 Å². The van der Waals surface area contributed by atoms with Crippen LogP contribution in [0.1, 0.15) is 32.8 Å². The number of benzene rings is 1. The van der Waals surface area contributed by atoms with E-state index in [2.05, 4.69) is 32.3 Å². The van der Waals surface area contributed by atoms with Gasteiger partial charge in [-0.15, -0.1) is 0 Å². The number of allylic oxidation sites excluding steroid dienone is 7. The summed E-state index contributed by atoms with van der Waals surface area (Å²) in [6.07, 6.45) is 12.0. The van der Waals surface area contributed by atoms with Gasteiger partial charge >= 0.3 is 0 Å². The first kappa shape index (κ1) is 23.3. The first-order valence-corrected chi connectivity index (χ1v) is 10.0.